The minimum atomic E-state index is -0.643. The van der Waals surface area contributed by atoms with Crippen LogP contribution in [-0.4, -0.2) is 35.9 Å². The van der Waals surface area contributed by atoms with Gasteiger partial charge in [-0.3, -0.25) is 0 Å². The van der Waals surface area contributed by atoms with Crippen LogP contribution in [0.3, 0.4) is 0 Å². The van der Waals surface area contributed by atoms with E-state index in [0.29, 0.717) is 25.7 Å². The monoisotopic (exact) mass is 228 g/mol. The molecule has 1 aliphatic carbocycles. The van der Waals surface area contributed by atoms with E-state index in [0.717, 1.165) is 6.08 Å². The Kier molecular flexibility index (Phi) is 4.98. The molecule has 0 aliphatic heterocycles. The SMILES string of the molecule is C=CC(=O)OCC(=O)OC1CCC(O)CC1. The lowest BCUT2D eigenvalue weighted by Crippen LogP contribution is -2.28. The van der Waals surface area contributed by atoms with Gasteiger partial charge in [0.2, 0.25) is 0 Å². The predicted octanol–water partition coefficient (Wildman–Crippen LogP) is 0.562. The number of aliphatic hydroxyl groups excluding tert-OH is 1. The molecule has 0 aromatic carbocycles. The van der Waals surface area contributed by atoms with Crippen molar-refractivity contribution in [3.63, 3.8) is 0 Å². The van der Waals surface area contributed by atoms with E-state index in [1.54, 1.807) is 0 Å². The van der Waals surface area contributed by atoms with Crippen molar-refractivity contribution in [1.82, 2.24) is 0 Å². The highest BCUT2D eigenvalue weighted by Crippen LogP contribution is 2.20. The Bertz CT molecular complexity index is 266. The number of carbonyl (C=O) groups is 2. The molecule has 0 unspecified atom stereocenters. The minimum absolute atomic E-state index is 0.168. The quantitative estimate of drug-likeness (QED) is 0.562. The van der Waals surface area contributed by atoms with Crippen molar-refractivity contribution in [2.45, 2.75) is 37.9 Å². The molecule has 5 nitrogen and oxygen atoms in total. The number of hydrogen-bond acceptors (Lipinski definition) is 5. The third kappa shape index (κ3) is 4.44. The van der Waals surface area contributed by atoms with E-state index in [1.165, 1.54) is 0 Å². The molecule has 0 bridgehead atoms. The zero-order chi connectivity index (χ0) is 12.0. The molecule has 16 heavy (non-hydrogen) atoms. The molecule has 1 fully saturated rings. The van der Waals surface area contributed by atoms with Crippen LogP contribution in [0.25, 0.3) is 0 Å². The second-order valence-electron chi connectivity index (χ2n) is 3.73. The van der Waals surface area contributed by atoms with Crippen LogP contribution in [0.5, 0.6) is 0 Å². The van der Waals surface area contributed by atoms with Gasteiger partial charge in [-0.1, -0.05) is 6.58 Å². The number of esters is 2. The normalized spacial score (nSPS) is 24.6. The van der Waals surface area contributed by atoms with Crippen LogP contribution in [-0.2, 0) is 19.1 Å². The van der Waals surface area contributed by atoms with E-state index in [1.807, 2.05) is 0 Å². The van der Waals surface area contributed by atoms with E-state index >= 15 is 0 Å². The third-order valence-corrected chi connectivity index (χ3v) is 2.44. The van der Waals surface area contributed by atoms with Crippen molar-refractivity contribution in [2.75, 3.05) is 6.61 Å². The fraction of sp³-hybridized carbons (Fsp3) is 0.636. The van der Waals surface area contributed by atoms with Gasteiger partial charge in [-0.15, -0.1) is 0 Å². The molecular formula is C11H16O5. The van der Waals surface area contributed by atoms with Gasteiger partial charge in [-0.05, 0) is 25.7 Å². The Morgan fingerprint density at radius 3 is 2.50 bits per heavy atom. The van der Waals surface area contributed by atoms with Gasteiger partial charge in [-0.2, -0.15) is 0 Å². The molecule has 1 N–H and O–H groups in total. The molecule has 0 aromatic rings. The summed E-state index contributed by atoms with van der Waals surface area (Å²) < 4.78 is 9.61. The second kappa shape index (κ2) is 6.27. The van der Waals surface area contributed by atoms with E-state index in [2.05, 4.69) is 11.3 Å². The van der Waals surface area contributed by atoms with Crippen molar-refractivity contribution >= 4 is 11.9 Å². The zero-order valence-electron chi connectivity index (χ0n) is 9.05. The number of aliphatic hydroxyl groups is 1. The molecule has 0 spiro atoms. The van der Waals surface area contributed by atoms with Crippen LogP contribution in [0.2, 0.25) is 0 Å². The molecule has 0 saturated heterocycles. The van der Waals surface area contributed by atoms with Gasteiger partial charge in [0.05, 0.1) is 6.10 Å². The molecule has 1 saturated carbocycles. The molecule has 90 valence electrons. The summed E-state index contributed by atoms with van der Waals surface area (Å²) in [6.45, 7) is 2.82. The Balaban J connectivity index is 2.19. The smallest absolute Gasteiger partial charge is 0.344 e. The third-order valence-electron chi connectivity index (χ3n) is 2.44. The van der Waals surface area contributed by atoms with Gasteiger partial charge in [-0.25, -0.2) is 9.59 Å². The summed E-state index contributed by atoms with van der Waals surface area (Å²) in [6.07, 6.45) is 3.13. The molecule has 1 rings (SSSR count). The van der Waals surface area contributed by atoms with Crippen molar-refractivity contribution in [3.8, 4) is 0 Å². The average Bonchev–Trinajstić information content (AvgIpc) is 2.29. The summed E-state index contributed by atoms with van der Waals surface area (Å²) >= 11 is 0. The first-order valence-corrected chi connectivity index (χ1v) is 5.28. The summed E-state index contributed by atoms with van der Waals surface area (Å²) in [6, 6.07) is 0. The maximum atomic E-state index is 11.2. The zero-order valence-corrected chi connectivity index (χ0v) is 9.05. The average molecular weight is 228 g/mol. The summed E-state index contributed by atoms with van der Waals surface area (Å²) in [5.74, 6) is -1.20. The highest BCUT2D eigenvalue weighted by atomic mass is 16.6. The van der Waals surface area contributed by atoms with Crippen LogP contribution in [0.4, 0.5) is 0 Å². The largest absolute Gasteiger partial charge is 0.460 e. The van der Waals surface area contributed by atoms with Crippen LogP contribution < -0.4 is 0 Å². The van der Waals surface area contributed by atoms with E-state index < -0.39 is 11.9 Å². The topological polar surface area (TPSA) is 72.8 Å². The fourth-order valence-corrected chi connectivity index (χ4v) is 1.57. The molecule has 1 aliphatic rings. The lowest BCUT2D eigenvalue weighted by molar-refractivity contribution is -0.161. The molecule has 0 atom stereocenters. The second-order valence-corrected chi connectivity index (χ2v) is 3.73. The number of ether oxygens (including phenoxy) is 2. The van der Waals surface area contributed by atoms with Crippen LogP contribution in [0.1, 0.15) is 25.7 Å². The predicted molar refractivity (Wildman–Crippen MR) is 55.5 cm³/mol. The molecule has 0 heterocycles. The summed E-state index contributed by atoms with van der Waals surface area (Å²) in [5.41, 5.74) is 0. The summed E-state index contributed by atoms with van der Waals surface area (Å²) in [5, 5.41) is 9.25. The van der Waals surface area contributed by atoms with E-state index in [4.69, 9.17) is 4.74 Å². The van der Waals surface area contributed by atoms with E-state index in [9.17, 15) is 14.7 Å². The first kappa shape index (κ1) is 12.7. The Hall–Kier alpha value is -1.36. The van der Waals surface area contributed by atoms with Gasteiger partial charge in [0.25, 0.3) is 0 Å². The lowest BCUT2D eigenvalue weighted by Gasteiger charge is -2.25. The minimum Gasteiger partial charge on any atom is -0.460 e. The van der Waals surface area contributed by atoms with Crippen LogP contribution >= 0.6 is 0 Å². The molecular weight excluding hydrogens is 212 g/mol. The maximum absolute atomic E-state index is 11.2. The number of hydrogen-bond donors (Lipinski definition) is 1. The Morgan fingerprint density at radius 2 is 1.94 bits per heavy atom. The number of rotatable bonds is 4. The number of carbonyl (C=O) groups excluding carboxylic acids is 2. The van der Waals surface area contributed by atoms with Gasteiger partial charge in [0, 0.05) is 6.08 Å². The van der Waals surface area contributed by atoms with Crippen molar-refractivity contribution in [1.29, 1.82) is 0 Å². The first-order chi connectivity index (χ1) is 7.61. The summed E-state index contributed by atoms with van der Waals surface area (Å²) in [4.78, 5) is 21.9. The van der Waals surface area contributed by atoms with Crippen molar-refractivity contribution < 1.29 is 24.2 Å². The molecule has 0 radical (unpaired) electrons. The van der Waals surface area contributed by atoms with Crippen molar-refractivity contribution in [3.05, 3.63) is 12.7 Å². The van der Waals surface area contributed by atoms with Crippen molar-refractivity contribution in [2.24, 2.45) is 0 Å². The van der Waals surface area contributed by atoms with Gasteiger partial charge in [0.1, 0.15) is 6.10 Å². The standard InChI is InChI=1S/C11H16O5/c1-2-10(13)15-7-11(14)16-9-5-3-8(12)4-6-9/h2,8-9,12H,1,3-7H2. The molecule has 0 amide bonds. The fourth-order valence-electron chi connectivity index (χ4n) is 1.57. The van der Waals surface area contributed by atoms with Gasteiger partial charge >= 0.3 is 11.9 Å². The first-order valence-electron chi connectivity index (χ1n) is 5.28. The molecule has 5 heteroatoms. The highest BCUT2D eigenvalue weighted by Gasteiger charge is 2.22. The van der Waals surface area contributed by atoms with Crippen LogP contribution in [0.15, 0.2) is 12.7 Å². The van der Waals surface area contributed by atoms with Gasteiger partial charge < -0.3 is 14.6 Å². The molecule has 0 aromatic heterocycles. The lowest BCUT2D eigenvalue weighted by atomic mass is 9.95. The van der Waals surface area contributed by atoms with Crippen LogP contribution in [0, 0.1) is 0 Å². The highest BCUT2D eigenvalue weighted by molar-refractivity contribution is 5.83. The van der Waals surface area contributed by atoms with E-state index in [-0.39, 0.29) is 18.8 Å². The maximum Gasteiger partial charge on any atom is 0.344 e. The Labute approximate surface area is 94.0 Å². The Morgan fingerprint density at radius 1 is 1.31 bits per heavy atom. The van der Waals surface area contributed by atoms with Gasteiger partial charge in [0.15, 0.2) is 6.61 Å². The summed E-state index contributed by atoms with van der Waals surface area (Å²) in [7, 11) is 0.